The minimum Gasteiger partial charge on any atom is -0.493 e. The standard InChI is InChI=1S/C26H27FN4O3/c1-30(2)8-9-31-14-22(25(32)18-10-17-11-19(27)5-7-24(17)34-15-18)20-6-4-16(12-23(20)31)21-13-28-29-26(21)33-3/h4-7,11-14,18H,8-10,15H2,1-3H3,(H,28,29). The van der Waals surface area contributed by atoms with Gasteiger partial charge in [0, 0.05) is 35.8 Å². The lowest BCUT2D eigenvalue weighted by Crippen LogP contribution is -2.28. The number of aromatic nitrogens is 3. The smallest absolute Gasteiger partial charge is 0.216 e. The highest BCUT2D eigenvalue weighted by Crippen LogP contribution is 2.34. The number of fused-ring (bicyclic) bond motifs is 2. The summed E-state index contributed by atoms with van der Waals surface area (Å²) in [6.45, 7) is 1.85. The van der Waals surface area contributed by atoms with Gasteiger partial charge in [-0.1, -0.05) is 12.1 Å². The molecule has 5 rings (SSSR count). The lowest BCUT2D eigenvalue weighted by Gasteiger charge is -2.24. The number of carbonyl (C=O) groups is 1. The molecule has 34 heavy (non-hydrogen) atoms. The van der Waals surface area contributed by atoms with Crippen molar-refractivity contribution < 1.29 is 18.7 Å². The minimum atomic E-state index is -0.365. The number of hydrogen-bond acceptors (Lipinski definition) is 5. The molecule has 0 bridgehead atoms. The molecule has 176 valence electrons. The van der Waals surface area contributed by atoms with Crippen LogP contribution in [0.15, 0.2) is 48.8 Å². The summed E-state index contributed by atoms with van der Waals surface area (Å²) in [5, 5.41) is 7.84. The molecule has 1 unspecified atom stereocenters. The summed E-state index contributed by atoms with van der Waals surface area (Å²) in [7, 11) is 5.65. The maximum Gasteiger partial charge on any atom is 0.216 e. The number of nitrogens with one attached hydrogen (secondary N) is 1. The molecule has 8 heteroatoms. The Kier molecular flexibility index (Phi) is 5.83. The first kappa shape index (κ1) is 22.2. The number of hydrogen-bond donors (Lipinski definition) is 1. The predicted molar refractivity (Wildman–Crippen MR) is 128 cm³/mol. The lowest BCUT2D eigenvalue weighted by molar-refractivity contribution is 0.0856. The van der Waals surface area contributed by atoms with Crippen molar-refractivity contribution in [2.24, 2.45) is 5.92 Å². The summed E-state index contributed by atoms with van der Waals surface area (Å²) in [5.74, 6) is 0.566. The van der Waals surface area contributed by atoms with Gasteiger partial charge in [-0.3, -0.25) is 4.79 Å². The Morgan fingerprint density at radius 1 is 1.29 bits per heavy atom. The number of nitrogens with zero attached hydrogens (tertiary/aromatic N) is 3. The first-order valence-electron chi connectivity index (χ1n) is 11.3. The van der Waals surface area contributed by atoms with Crippen LogP contribution in [0, 0.1) is 11.7 Å². The third-order valence-corrected chi connectivity index (χ3v) is 6.36. The molecule has 0 saturated carbocycles. The summed E-state index contributed by atoms with van der Waals surface area (Å²) in [6, 6.07) is 10.5. The van der Waals surface area contributed by atoms with E-state index in [4.69, 9.17) is 9.47 Å². The number of rotatable bonds is 7. The molecule has 7 nitrogen and oxygen atoms in total. The molecule has 0 fully saturated rings. The zero-order valence-corrected chi connectivity index (χ0v) is 19.5. The minimum absolute atomic E-state index is 0.0113. The van der Waals surface area contributed by atoms with Gasteiger partial charge in [0.25, 0.3) is 0 Å². The van der Waals surface area contributed by atoms with Crippen molar-refractivity contribution in [2.75, 3.05) is 34.4 Å². The first-order chi connectivity index (χ1) is 16.4. The first-order valence-corrected chi connectivity index (χ1v) is 11.3. The van der Waals surface area contributed by atoms with Crippen molar-refractivity contribution in [3.05, 3.63) is 65.7 Å². The topological polar surface area (TPSA) is 72.4 Å². The van der Waals surface area contributed by atoms with Crippen molar-refractivity contribution in [1.82, 2.24) is 19.7 Å². The summed E-state index contributed by atoms with van der Waals surface area (Å²) in [5.41, 5.74) is 4.17. The van der Waals surface area contributed by atoms with Gasteiger partial charge in [0.1, 0.15) is 11.6 Å². The highest BCUT2D eigenvalue weighted by Gasteiger charge is 2.29. The third-order valence-electron chi connectivity index (χ3n) is 6.36. The van der Waals surface area contributed by atoms with E-state index in [1.165, 1.54) is 12.1 Å². The van der Waals surface area contributed by atoms with E-state index in [-0.39, 0.29) is 24.1 Å². The fraction of sp³-hybridized carbons (Fsp3) is 0.308. The molecule has 0 radical (unpaired) electrons. The van der Waals surface area contributed by atoms with Crippen LogP contribution in [0.3, 0.4) is 0 Å². The van der Waals surface area contributed by atoms with Gasteiger partial charge in [-0.25, -0.2) is 9.49 Å². The number of carbonyl (C=O) groups excluding carboxylic acids is 1. The molecule has 0 spiro atoms. The van der Waals surface area contributed by atoms with Crippen LogP contribution in [0.2, 0.25) is 0 Å². The molecule has 1 aliphatic rings. The number of Topliss-reactive ketones (excluding diaryl/α,β-unsaturated/α-hetero) is 1. The Bertz CT molecular complexity index is 1360. The predicted octanol–water partition coefficient (Wildman–Crippen LogP) is 4.17. The van der Waals surface area contributed by atoms with Gasteiger partial charge in [-0.2, -0.15) is 5.10 Å². The molecular weight excluding hydrogens is 435 g/mol. The molecule has 0 saturated heterocycles. The van der Waals surface area contributed by atoms with Crippen molar-refractivity contribution >= 4 is 16.7 Å². The van der Waals surface area contributed by atoms with E-state index >= 15 is 0 Å². The van der Waals surface area contributed by atoms with Gasteiger partial charge in [0.05, 0.1) is 31.4 Å². The molecule has 0 amide bonds. The van der Waals surface area contributed by atoms with Crippen LogP contribution < -0.4 is 9.47 Å². The van der Waals surface area contributed by atoms with Crippen molar-refractivity contribution in [2.45, 2.75) is 13.0 Å². The molecular formula is C26H27FN4O3. The highest BCUT2D eigenvalue weighted by molar-refractivity contribution is 6.10. The lowest BCUT2D eigenvalue weighted by atomic mass is 9.89. The molecule has 1 N–H and O–H groups in total. The Labute approximate surface area is 197 Å². The quantitative estimate of drug-likeness (QED) is 0.417. The molecule has 0 aliphatic carbocycles. The van der Waals surface area contributed by atoms with Crippen molar-refractivity contribution in [1.29, 1.82) is 0 Å². The van der Waals surface area contributed by atoms with Gasteiger partial charge in [0.15, 0.2) is 5.78 Å². The third kappa shape index (κ3) is 4.05. The summed E-state index contributed by atoms with van der Waals surface area (Å²) >= 11 is 0. The van der Waals surface area contributed by atoms with Gasteiger partial charge < -0.3 is 18.9 Å². The van der Waals surface area contributed by atoms with E-state index < -0.39 is 0 Å². The second kappa shape index (κ2) is 8.95. The Morgan fingerprint density at radius 3 is 2.94 bits per heavy atom. The average Bonchev–Trinajstić information content (AvgIpc) is 3.46. The number of benzene rings is 2. The number of methoxy groups -OCH3 is 1. The van der Waals surface area contributed by atoms with Crippen LogP contribution in [0.4, 0.5) is 4.39 Å². The normalized spacial score (nSPS) is 15.4. The van der Waals surface area contributed by atoms with Crippen LogP contribution in [0.25, 0.3) is 22.0 Å². The average molecular weight is 463 g/mol. The van der Waals surface area contributed by atoms with Gasteiger partial charge in [0.2, 0.25) is 5.88 Å². The molecule has 2 aromatic carbocycles. The maximum absolute atomic E-state index is 13.8. The number of ketones is 1. The molecule has 1 atom stereocenters. The number of aromatic amines is 1. The molecule has 4 aromatic rings. The van der Waals surface area contributed by atoms with Crippen molar-refractivity contribution in [3.8, 4) is 22.8 Å². The van der Waals surface area contributed by atoms with E-state index in [1.54, 1.807) is 19.4 Å². The monoisotopic (exact) mass is 462 g/mol. The number of halogens is 1. The SMILES string of the molecule is COc1[nH]ncc1-c1ccc2c(C(=O)C3COc4ccc(F)cc4C3)cn(CCN(C)C)c2c1. The highest BCUT2D eigenvalue weighted by atomic mass is 19.1. The van der Waals surface area contributed by atoms with Crippen LogP contribution in [-0.4, -0.2) is 59.8 Å². The maximum atomic E-state index is 13.8. The van der Waals surface area contributed by atoms with Crippen molar-refractivity contribution in [3.63, 3.8) is 0 Å². The largest absolute Gasteiger partial charge is 0.493 e. The van der Waals surface area contributed by atoms with E-state index in [2.05, 4.69) is 25.7 Å². The Hall–Kier alpha value is -3.65. The number of likely N-dealkylation sites (N-methyl/N-ethyl adjacent to an activating group) is 1. The summed E-state index contributed by atoms with van der Waals surface area (Å²) in [4.78, 5) is 15.7. The number of H-pyrrole nitrogens is 1. The van der Waals surface area contributed by atoms with Gasteiger partial charge in [-0.05, 0) is 55.9 Å². The summed E-state index contributed by atoms with van der Waals surface area (Å²) < 4.78 is 27.1. The van der Waals surface area contributed by atoms with E-state index in [1.807, 2.05) is 32.4 Å². The molecule has 3 heterocycles. The fourth-order valence-electron chi connectivity index (χ4n) is 4.54. The van der Waals surface area contributed by atoms with E-state index in [9.17, 15) is 9.18 Å². The van der Waals surface area contributed by atoms with Gasteiger partial charge in [-0.15, -0.1) is 0 Å². The van der Waals surface area contributed by atoms with Crippen LogP contribution in [0.5, 0.6) is 11.6 Å². The number of ether oxygens (including phenoxy) is 2. The molecule has 2 aromatic heterocycles. The van der Waals surface area contributed by atoms with Crippen LogP contribution >= 0.6 is 0 Å². The second-order valence-electron chi connectivity index (χ2n) is 8.92. The van der Waals surface area contributed by atoms with E-state index in [0.717, 1.165) is 40.7 Å². The van der Waals surface area contributed by atoms with Gasteiger partial charge >= 0.3 is 0 Å². The second-order valence-corrected chi connectivity index (χ2v) is 8.92. The Balaban J connectivity index is 1.53. The zero-order chi connectivity index (χ0) is 23.8. The zero-order valence-electron chi connectivity index (χ0n) is 19.5. The van der Waals surface area contributed by atoms with Crippen LogP contribution in [-0.2, 0) is 13.0 Å². The summed E-state index contributed by atoms with van der Waals surface area (Å²) in [6.07, 6.45) is 4.13. The molecule has 1 aliphatic heterocycles. The Morgan fingerprint density at radius 2 is 2.15 bits per heavy atom. The van der Waals surface area contributed by atoms with E-state index in [0.29, 0.717) is 23.6 Å². The van der Waals surface area contributed by atoms with Crippen LogP contribution in [0.1, 0.15) is 15.9 Å². The fourth-order valence-corrected chi connectivity index (χ4v) is 4.54.